The van der Waals surface area contributed by atoms with Gasteiger partial charge in [0.1, 0.15) is 11.5 Å². The maximum Gasteiger partial charge on any atom is 0.250 e. The fourth-order valence-corrected chi connectivity index (χ4v) is 7.09. The maximum atomic E-state index is 12.7. The van der Waals surface area contributed by atoms with E-state index < -0.39 is 0 Å². The molecule has 0 saturated carbocycles. The van der Waals surface area contributed by atoms with Crippen molar-refractivity contribution in [1.29, 1.82) is 0 Å². The molecule has 8 heteroatoms. The zero-order chi connectivity index (χ0) is 25.9. The van der Waals surface area contributed by atoms with E-state index in [-0.39, 0.29) is 17.6 Å². The number of amides is 1. The lowest BCUT2D eigenvalue weighted by molar-refractivity contribution is -0.118. The Labute approximate surface area is 232 Å². The van der Waals surface area contributed by atoms with Gasteiger partial charge in [-0.25, -0.2) is 10.4 Å². The third-order valence-corrected chi connectivity index (χ3v) is 9.30. The minimum atomic E-state index is -0.187. The van der Waals surface area contributed by atoms with Crippen molar-refractivity contribution < 1.29 is 9.53 Å². The maximum absolute atomic E-state index is 12.7. The summed E-state index contributed by atoms with van der Waals surface area (Å²) < 4.78 is 8.43. The molecule has 0 aliphatic carbocycles. The molecule has 188 valence electrons. The molecule has 1 N–H and O–H groups in total. The molecule has 5 nitrogen and oxygen atoms in total. The second-order valence-corrected chi connectivity index (χ2v) is 11.9. The molecule has 0 spiro atoms. The van der Waals surface area contributed by atoms with Crippen LogP contribution in [0.4, 0.5) is 0 Å². The second-order valence-electron chi connectivity index (χ2n) is 8.72. The molecule has 0 saturated heterocycles. The lowest BCUT2D eigenvalue weighted by atomic mass is 9.80. The number of benzene rings is 3. The number of thioether (sulfide) groups is 1. The Balaban J connectivity index is 1.28. The predicted octanol–water partition coefficient (Wildman–Crippen LogP) is 7.50. The van der Waals surface area contributed by atoms with Crippen LogP contribution in [0.3, 0.4) is 0 Å². The number of thiazole rings is 1. The number of hydrogen-bond acceptors (Lipinski definition) is 7. The molecule has 0 fully saturated rings. The number of rotatable bonds is 7. The Hall–Kier alpha value is -3.72. The topological polar surface area (TPSA) is 63.6 Å². The standard InChI is InChI=1S/C30H23N3O2S3/c1-19-9-2-3-10-20(19)28-21-11-4-6-13-24(21)35-29(26-15-8-16-36-26)22(28)17-31-33-27(34)18-37-30-32-23-12-5-7-14-25(23)38-30/h2-17,28H,18H2,1H3,(H,33,34)/b31-17+. The van der Waals surface area contributed by atoms with E-state index in [4.69, 9.17) is 4.74 Å². The van der Waals surface area contributed by atoms with Gasteiger partial charge in [0.2, 0.25) is 0 Å². The third-order valence-electron chi connectivity index (χ3n) is 6.25. The van der Waals surface area contributed by atoms with Gasteiger partial charge in [-0.1, -0.05) is 72.4 Å². The van der Waals surface area contributed by atoms with Gasteiger partial charge < -0.3 is 4.74 Å². The SMILES string of the molecule is Cc1ccccc1C1C(/C=N/NC(=O)CSc2nc3ccccc3s2)=C(c2cccs2)Oc2ccccc21. The van der Waals surface area contributed by atoms with Gasteiger partial charge in [0.25, 0.3) is 5.91 Å². The van der Waals surface area contributed by atoms with E-state index in [9.17, 15) is 4.79 Å². The number of carbonyl (C=O) groups excluding carboxylic acids is 1. The van der Waals surface area contributed by atoms with Crippen LogP contribution in [0.5, 0.6) is 5.75 Å². The zero-order valence-corrected chi connectivity index (χ0v) is 22.9. The van der Waals surface area contributed by atoms with E-state index in [0.717, 1.165) is 42.1 Å². The molecule has 6 rings (SSSR count). The molecule has 1 unspecified atom stereocenters. The average molecular weight is 554 g/mol. The lowest BCUT2D eigenvalue weighted by Crippen LogP contribution is -2.22. The van der Waals surface area contributed by atoms with Crippen LogP contribution in [0.15, 0.2) is 105 Å². The van der Waals surface area contributed by atoms with Crippen LogP contribution in [0.2, 0.25) is 0 Å². The first-order chi connectivity index (χ1) is 18.7. The number of aryl methyl sites for hydroxylation is 1. The number of ether oxygens (including phenoxy) is 1. The monoisotopic (exact) mass is 553 g/mol. The first-order valence-corrected chi connectivity index (χ1v) is 14.8. The van der Waals surface area contributed by atoms with E-state index in [1.54, 1.807) is 28.9 Å². The van der Waals surface area contributed by atoms with Crippen molar-refractivity contribution in [2.45, 2.75) is 17.2 Å². The molecule has 5 aromatic rings. The zero-order valence-electron chi connectivity index (χ0n) is 20.5. The molecule has 1 aliphatic rings. The summed E-state index contributed by atoms with van der Waals surface area (Å²) in [6.45, 7) is 2.12. The number of nitrogens with one attached hydrogen (secondary N) is 1. The summed E-state index contributed by atoms with van der Waals surface area (Å²) in [5, 5.41) is 6.43. The molecular formula is C30H23N3O2S3. The molecule has 2 aromatic heterocycles. The van der Waals surface area contributed by atoms with Gasteiger partial charge in [0.05, 0.1) is 27.1 Å². The van der Waals surface area contributed by atoms with Crippen LogP contribution < -0.4 is 10.2 Å². The summed E-state index contributed by atoms with van der Waals surface area (Å²) in [4.78, 5) is 18.3. The highest BCUT2D eigenvalue weighted by molar-refractivity contribution is 8.01. The van der Waals surface area contributed by atoms with Gasteiger partial charge in [0, 0.05) is 17.1 Å². The van der Waals surface area contributed by atoms with Gasteiger partial charge >= 0.3 is 0 Å². The number of hydrazone groups is 1. The van der Waals surface area contributed by atoms with Crippen LogP contribution in [-0.4, -0.2) is 22.9 Å². The second kappa shape index (κ2) is 10.9. The molecule has 0 bridgehead atoms. The molecule has 0 radical (unpaired) electrons. The summed E-state index contributed by atoms with van der Waals surface area (Å²) in [6.07, 6.45) is 1.74. The summed E-state index contributed by atoms with van der Waals surface area (Å²) in [5.41, 5.74) is 7.99. The van der Waals surface area contributed by atoms with Crippen LogP contribution >= 0.6 is 34.4 Å². The summed E-state index contributed by atoms with van der Waals surface area (Å²) >= 11 is 4.62. The first-order valence-electron chi connectivity index (χ1n) is 12.1. The van der Waals surface area contributed by atoms with Crippen molar-refractivity contribution in [3.05, 3.63) is 117 Å². The van der Waals surface area contributed by atoms with Crippen molar-refractivity contribution in [2.75, 3.05) is 5.75 Å². The van der Waals surface area contributed by atoms with Crippen LogP contribution in [0.1, 0.15) is 27.5 Å². The van der Waals surface area contributed by atoms with Crippen LogP contribution in [-0.2, 0) is 4.79 Å². The lowest BCUT2D eigenvalue weighted by Gasteiger charge is -2.30. The Bertz CT molecular complexity index is 1640. The quantitative estimate of drug-likeness (QED) is 0.129. The van der Waals surface area contributed by atoms with Gasteiger partial charge in [0.15, 0.2) is 4.34 Å². The number of nitrogens with zero attached hydrogens (tertiary/aromatic N) is 2. The summed E-state index contributed by atoms with van der Waals surface area (Å²) in [5.74, 6) is 1.55. The van der Waals surface area contributed by atoms with E-state index in [1.807, 2.05) is 66.0 Å². The molecule has 1 aliphatic heterocycles. The van der Waals surface area contributed by atoms with Gasteiger partial charge in [-0.2, -0.15) is 5.10 Å². The number of para-hydroxylation sites is 2. The molecule has 1 amide bonds. The smallest absolute Gasteiger partial charge is 0.250 e. The summed E-state index contributed by atoms with van der Waals surface area (Å²) in [6, 6.07) is 28.5. The fourth-order valence-electron chi connectivity index (χ4n) is 4.50. The van der Waals surface area contributed by atoms with E-state index in [0.29, 0.717) is 0 Å². The summed E-state index contributed by atoms with van der Waals surface area (Å²) in [7, 11) is 0. The highest BCUT2D eigenvalue weighted by atomic mass is 32.2. The van der Waals surface area contributed by atoms with Gasteiger partial charge in [-0.05, 0) is 47.7 Å². The average Bonchev–Trinajstić information content (AvgIpc) is 3.62. The van der Waals surface area contributed by atoms with Gasteiger partial charge in [-0.3, -0.25) is 4.79 Å². The highest BCUT2D eigenvalue weighted by Crippen LogP contribution is 2.46. The van der Waals surface area contributed by atoms with Crippen LogP contribution in [0, 0.1) is 6.92 Å². The Morgan fingerprint density at radius 3 is 2.63 bits per heavy atom. The van der Waals surface area contributed by atoms with Crippen molar-refractivity contribution >= 4 is 62.5 Å². The fraction of sp³-hybridized carbons (Fsp3) is 0.100. The molecule has 3 heterocycles. The molecule has 3 aromatic carbocycles. The number of fused-ring (bicyclic) bond motifs is 2. The number of hydrogen-bond donors (Lipinski definition) is 1. The number of thiophene rings is 1. The van der Waals surface area contributed by atoms with E-state index in [1.165, 1.54) is 22.9 Å². The van der Waals surface area contributed by atoms with Crippen molar-refractivity contribution in [3.8, 4) is 5.75 Å². The predicted molar refractivity (Wildman–Crippen MR) is 158 cm³/mol. The van der Waals surface area contributed by atoms with Crippen molar-refractivity contribution in [3.63, 3.8) is 0 Å². The molecular weight excluding hydrogens is 531 g/mol. The highest BCUT2D eigenvalue weighted by Gasteiger charge is 2.32. The van der Waals surface area contributed by atoms with Crippen LogP contribution in [0.25, 0.3) is 16.0 Å². The largest absolute Gasteiger partial charge is 0.455 e. The first kappa shape index (κ1) is 24.6. The van der Waals surface area contributed by atoms with Crippen molar-refractivity contribution in [2.24, 2.45) is 5.10 Å². The Morgan fingerprint density at radius 2 is 1.82 bits per heavy atom. The van der Waals surface area contributed by atoms with E-state index >= 15 is 0 Å². The number of aromatic nitrogens is 1. The van der Waals surface area contributed by atoms with Gasteiger partial charge in [-0.15, -0.1) is 22.7 Å². The normalized spacial score (nSPS) is 15.0. The molecule has 1 atom stereocenters. The number of carbonyl (C=O) groups is 1. The molecule has 38 heavy (non-hydrogen) atoms. The number of allylic oxidation sites excluding steroid dienone is 1. The minimum absolute atomic E-state index is 0.0870. The van der Waals surface area contributed by atoms with E-state index in [2.05, 4.69) is 46.7 Å². The Morgan fingerprint density at radius 1 is 1.03 bits per heavy atom. The Kier molecular flexibility index (Phi) is 7.09. The van der Waals surface area contributed by atoms with Crippen molar-refractivity contribution in [1.82, 2.24) is 10.4 Å². The minimum Gasteiger partial charge on any atom is -0.455 e. The third kappa shape index (κ3) is 5.03.